The molecule has 1 aromatic carbocycles. The minimum atomic E-state index is -0.429. The molecule has 1 saturated carbocycles. The first-order valence-electron chi connectivity index (χ1n) is 5.65. The number of hydrogen-bond acceptors (Lipinski definition) is 2. The fourth-order valence-corrected chi connectivity index (χ4v) is 2.08. The fraction of sp³-hybridized carbons (Fsp3) is 0.500. The summed E-state index contributed by atoms with van der Waals surface area (Å²) in [5, 5.41) is 3.23. The minimum Gasteiger partial charge on any atom is -0.397 e. The van der Waals surface area contributed by atoms with Crippen LogP contribution in [0.25, 0.3) is 0 Å². The van der Waals surface area contributed by atoms with Gasteiger partial charge >= 0.3 is 0 Å². The van der Waals surface area contributed by atoms with Crippen LogP contribution in [-0.4, -0.2) is 6.54 Å². The zero-order chi connectivity index (χ0) is 11.5. The molecule has 0 amide bonds. The maximum atomic E-state index is 13.2. The summed E-state index contributed by atoms with van der Waals surface area (Å²) < 4.78 is 13.2. The van der Waals surface area contributed by atoms with E-state index in [-0.39, 0.29) is 5.02 Å². The predicted molar refractivity (Wildman–Crippen MR) is 66.3 cm³/mol. The van der Waals surface area contributed by atoms with Crippen LogP contribution in [0.2, 0.25) is 5.02 Å². The largest absolute Gasteiger partial charge is 0.397 e. The standard InChI is InChI=1S/C12H16ClFN2/c13-9-6-11(15)12(7-10(9)14)16-5-4-8-2-1-3-8/h6-8,16H,1-5,15H2. The van der Waals surface area contributed by atoms with E-state index in [1.807, 2.05) is 0 Å². The van der Waals surface area contributed by atoms with Crippen molar-refractivity contribution in [1.82, 2.24) is 0 Å². The first kappa shape index (κ1) is 11.5. The fourth-order valence-electron chi connectivity index (χ4n) is 1.91. The van der Waals surface area contributed by atoms with Crippen LogP contribution in [0.15, 0.2) is 12.1 Å². The van der Waals surface area contributed by atoms with Gasteiger partial charge in [0.05, 0.1) is 16.4 Å². The van der Waals surface area contributed by atoms with E-state index in [0.29, 0.717) is 11.4 Å². The number of nitrogen functional groups attached to an aromatic ring is 1. The van der Waals surface area contributed by atoms with E-state index in [4.69, 9.17) is 17.3 Å². The maximum Gasteiger partial charge on any atom is 0.143 e. The molecule has 0 atom stereocenters. The smallest absolute Gasteiger partial charge is 0.143 e. The topological polar surface area (TPSA) is 38.0 Å². The SMILES string of the molecule is Nc1cc(Cl)c(F)cc1NCCC1CCC1. The third kappa shape index (κ3) is 2.59. The molecule has 0 saturated heterocycles. The third-order valence-electron chi connectivity index (χ3n) is 3.19. The Morgan fingerprint density at radius 1 is 1.44 bits per heavy atom. The maximum absolute atomic E-state index is 13.2. The number of benzene rings is 1. The Hall–Kier alpha value is -0.960. The van der Waals surface area contributed by atoms with Crippen LogP contribution in [0.4, 0.5) is 15.8 Å². The summed E-state index contributed by atoms with van der Waals surface area (Å²) in [6.07, 6.45) is 5.13. The molecular weight excluding hydrogens is 227 g/mol. The zero-order valence-electron chi connectivity index (χ0n) is 9.10. The van der Waals surface area contributed by atoms with Crippen LogP contribution in [-0.2, 0) is 0 Å². The highest BCUT2D eigenvalue weighted by molar-refractivity contribution is 6.31. The van der Waals surface area contributed by atoms with Gasteiger partial charge in [-0.1, -0.05) is 30.9 Å². The zero-order valence-corrected chi connectivity index (χ0v) is 9.86. The molecular formula is C12H16ClFN2. The molecule has 2 nitrogen and oxygen atoms in total. The van der Waals surface area contributed by atoms with Crippen molar-refractivity contribution in [2.24, 2.45) is 5.92 Å². The molecule has 1 aliphatic rings. The summed E-state index contributed by atoms with van der Waals surface area (Å²) in [6.45, 7) is 0.843. The molecule has 1 aromatic rings. The third-order valence-corrected chi connectivity index (χ3v) is 3.47. The first-order valence-corrected chi connectivity index (χ1v) is 6.03. The second-order valence-corrected chi connectivity index (χ2v) is 4.77. The van der Waals surface area contributed by atoms with E-state index in [1.165, 1.54) is 31.4 Å². The Morgan fingerprint density at radius 2 is 2.19 bits per heavy atom. The van der Waals surface area contributed by atoms with Crippen LogP contribution in [0.3, 0.4) is 0 Å². The summed E-state index contributed by atoms with van der Waals surface area (Å²) in [5.74, 6) is 0.410. The molecule has 0 bridgehead atoms. The molecule has 0 heterocycles. The minimum absolute atomic E-state index is 0.0713. The van der Waals surface area contributed by atoms with Crippen molar-refractivity contribution in [3.05, 3.63) is 23.0 Å². The van der Waals surface area contributed by atoms with Crippen molar-refractivity contribution in [3.8, 4) is 0 Å². The normalized spacial score (nSPS) is 15.9. The summed E-state index contributed by atoms with van der Waals surface area (Å²) in [6, 6.07) is 2.81. The van der Waals surface area contributed by atoms with Gasteiger partial charge in [-0.15, -0.1) is 0 Å². The average Bonchev–Trinajstić information content (AvgIpc) is 2.17. The van der Waals surface area contributed by atoms with Gasteiger partial charge in [-0.2, -0.15) is 0 Å². The molecule has 3 N–H and O–H groups in total. The Bertz CT molecular complexity index is 378. The van der Waals surface area contributed by atoms with Gasteiger partial charge in [-0.25, -0.2) is 4.39 Å². The number of nitrogens with two attached hydrogens (primary N) is 1. The molecule has 16 heavy (non-hydrogen) atoms. The highest BCUT2D eigenvalue weighted by Crippen LogP contribution is 2.30. The number of anilines is 2. The summed E-state index contributed by atoms with van der Waals surface area (Å²) >= 11 is 5.62. The number of hydrogen-bond donors (Lipinski definition) is 2. The quantitative estimate of drug-likeness (QED) is 0.791. The number of rotatable bonds is 4. The first-order chi connectivity index (χ1) is 7.66. The van der Waals surface area contributed by atoms with Crippen molar-refractivity contribution in [1.29, 1.82) is 0 Å². The van der Waals surface area contributed by atoms with Crippen LogP contribution in [0, 0.1) is 11.7 Å². The summed E-state index contributed by atoms with van der Waals surface area (Å²) in [7, 11) is 0. The molecule has 0 spiro atoms. The number of nitrogens with one attached hydrogen (secondary N) is 1. The van der Waals surface area contributed by atoms with Crippen molar-refractivity contribution in [2.45, 2.75) is 25.7 Å². The van der Waals surface area contributed by atoms with E-state index in [1.54, 1.807) is 0 Å². The lowest BCUT2D eigenvalue weighted by atomic mass is 9.83. The van der Waals surface area contributed by atoms with Crippen LogP contribution in [0.1, 0.15) is 25.7 Å². The molecule has 0 unspecified atom stereocenters. The van der Waals surface area contributed by atoms with E-state index >= 15 is 0 Å². The van der Waals surface area contributed by atoms with Gasteiger partial charge in [0.1, 0.15) is 5.82 Å². The lowest BCUT2D eigenvalue weighted by Crippen LogP contribution is -2.16. The molecule has 1 fully saturated rings. The van der Waals surface area contributed by atoms with Crippen LogP contribution < -0.4 is 11.1 Å². The Balaban J connectivity index is 1.90. The molecule has 88 valence electrons. The predicted octanol–water partition coefficient (Wildman–Crippen LogP) is 3.66. The van der Waals surface area contributed by atoms with Crippen molar-refractivity contribution in [3.63, 3.8) is 0 Å². The van der Waals surface area contributed by atoms with Gasteiger partial charge in [-0.3, -0.25) is 0 Å². The van der Waals surface area contributed by atoms with Gasteiger partial charge in [0.25, 0.3) is 0 Å². The van der Waals surface area contributed by atoms with Gasteiger partial charge in [0, 0.05) is 12.6 Å². The molecule has 4 heteroatoms. The second-order valence-electron chi connectivity index (χ2n) is 4.37. The molecule has 1 aliphatic carbocycles. The van der Waals surface area contributed by atoms with Crippen LogP contribution in [0.5, 0.6) is 0 Å². The summed E-state index contributed by atoms with van der Waals surface area (Å²) in [5.41, 5.74) is 6.88. The lowest BCUT2D eigenvalue weighted by molar-refractivity contribution is 0.303. The Morgan fingerprint density at radius 3 is 2.81 bits per heavy atom. The molecule has 0 radical (unpaired) electrons. The summed E-state index contributed by atoms with van der Waals surface area (Å²) in [4.78, 5) is 0. The highest BCUT2D eigenvalue weighted by Gasteiger charge is 2.16. The van der Waals surface area contributed by atoms with Crippen molar-refractivity contribution in [2.75, 3.05) is 17.6 Å². The van der Waals surface area contributed by atoms with Gasteiger partial charge in [0.2, 0.25) is 0 Å². The second kappa shape index (κ2) is 4.91. The highest BCUT2D eigenvalue weighted by atomic mass is 35.5. The Kier molecular flexibility index (Phi) is 3.54. The molecule has 0 aromatic heterocycles. The molecule has 2 rings (SSSR count). The van der Waals surface area contributed by atoms with E-state index < -0.39 is 5.82 Å². The van der Waals surface area contributed by atoms with Crippen molar-refractivity contribution >= 4 is 23.0 Å². The van der Waals surface area contributed by atoms with E-state index in [0.717, 1.165) is 18.9 Å². The lowest BCUT2D eigenvalue weighted by Gasteiger charge is -2.25. The van der Waals surface area contributed by atoms with Crippen LogP contribution >= 0.6 is 11.6 Å². The average molecular weight is 243 g/mol. The van der Waals surface area contributed by atoms with Gasteiger partial charge < -0.3 is 11.1 Å². The Labute approximate surface area is 100.0 Å². The van der Waals surface area contributed by atoms with E-state index in [9.17, 15) is 4.39 Å². The van der Waals surface area contributed by atoms with Gasteiger partial charge in [0.15, 0.2) is 0 Å². The monoisotopic (exact) mass is 242 g/mol. The number of halogens is 2. The van der Waals surface area contributed by atoms with Gasteiger partial charge in [-0.05, 0) is 18.4 Å². The van der Waals surface area contributed by atoms with E-state index in [2.05, 4.69) is 5.32 Å². The van der Waals surface area contributed by atoms with Crippen molar-refractivity contribution < 1.29 is 4.39 Å². The molecule has 0 aliphatic heterocycles.